The van der Waals surface area contributed by atoms with Gasteiger partial charge in [-0.2, -0.15) is 0 Å². The molecule has 0 amide bonds. The normalized spacial score (nSPS) is 15.6. The zero-order valence-corrected chi connectivity index (χ0v) is 38.6. The Bertz CT molecular complexity index is 3270. The highest BCUT2D eigenvalue weighted by Crippen LogP contribution is 2.48. The lowest BCUT2D eigenvalue weighted by atomic mass is 9.83. The van der Waals surface area contributed by atoms with Crippen molar-refractivity contribution in [2.75, 3.05) is 11.5 Å². The minimum Gasteiger partial charge on any atom is -0.492 e. The SMILES string of the molecule is CC(C)c1cccc2c3c(ccc12)-c1ccccc1-c1cc(C2=CCCC(N(c4cccc(-c5ccccc5)c4)C4C=CC=CC4)=C2)ccc1-c1ccc2c(C(C)C)cccc2c1OCC3. The van der Waals surface area contributed by atoms with Crippen LogP contribution in [0.5, 0.6) is 5.75 Å². The third-order valence-corrected chi connectivity index (χ3v) is 14.2. The Hall–Kier alpha value is -7.16. The fourth-order valence-electron chi connectivity index (χ4n) is 11.0. The highest BCUT2D eigenvalue weighted by atomic mass is 16.5. The molecule has 11 rings (SSSR count). The van der Waals surface area contributed by atoms with Crippen LogP contribution in [0.15, 0.2) is 200 Å². The summed E-state index contributed by atoms with van der Waals surface area (Å²) in [5.41, 5.74) is 18.9. The fraction of sp³-hybridized carbons (Fsp3) is 0.188. The van der Waals surface area contributed by atoms with E-state index in [2.05, 4.69) is 227 Å². The molecule has 1 aliphatic heterocycles. The molecule has 1 unspecified atom stereocenters. The molecule has 0 radical (unpaired) electrons. The van der Waals surface area contributed by atoms with Gasteiger partial charge in [-0.1, -0.05) is 192 Å². The molecule has 0 N–H and O–H groups in total. The van der Waals surface area contributed by atoms with Gasteiger partial charge < -0.3 is 9.64 Å². The van der Waals surface area contributed by atoms with Crippen LogP contribution >= 0.6 is 0 Å². The van der Waals surface area contributed by atoms with E-state index in [1.54, 1.807) is 0 Å². The molecule has 0 bridgehead atoms. The molecule has 0 spiro atoms. The van der Waals surface area contributed by atoms with Gasteiger partial charge in [0.25, 0.3) is 0 Å². The molecule has 2 heteroatoms. The Kier molecular flexibility index (Phi) is 11.1. The standard InChI is InChI=1S/C64H57NO/c1-42(2)51-27-15-29-54-56(51)33-34-58-53-25-11-12-26-55(53)63-41-47(31-32-59(63)62-36-35-57-52(43(3)4)28-16-30-61(57)64(62)66-38-37-60(54)58)46-20-14-24-50(40-46)65(48-21-9-6-10-22-48)49-23-13-19-45(39-49)44-17-7-5-8-18-44/h5-13,15-21,23,25-36,39-43,48H,14,22,24,37-38H2,1-4H3. The minimum atomic E-state index is 0.223. The molecule has 66 heavy (non-hydrogen) atoms. The van der Waals surface area contributed by atoms with E-state index in [1.807, 2.05) is 0 Å². The quantitative estimate of drug-likeness (QED) is 0.158. The number of benzene rings is 8. The summed E-state index contributed by atoms with van der Waals surface area (Å²) in [6, 6.07) is 59.4. The summed E-state index contributed by atoms with van der Waals surface area (Å²) in [5, 5.41) is 5.09. The molecule has 8 aromatic rings. The van der Waals surface area contributed by atoms with Crippen LogP contribution in [-0.4, -0.2) is 12.6 Å². The van der Waals surface area contributed by atoms with Gasteiger partial charge in [-0.15, -0.1) is 0 Å². The van der Waals surface area contributed by atoms with E-state index in [0.717, 1.165) is 37.0 Å². The second-order valence-corrected chi connectivity index (χ2v) is 18.9. The number of fused-ring (bicyclic) bond motifs is 11. The predicted octanol–water partition coefficient (Wildman–Crippen LogP) is 17.3. The van der Waals surface area contributed by atoms with Crippen LogP contribution in [-0.2, 0) is 6.42 Å². The number of nitrogens with zero attached hydrogens (tertiary/aromatic N) is 1. The lowest BCUT2D eigenvalue weighted by molar-refractivity contribution is 0.327. The fourth-order valence-corrected chi connectivity index (χ4v) is 11.0. The van der Waals surface area contributed by atoms with Crippen LogP contribution in [0, 0.1) is 0 Å². The molecule has 2 nitrogen and oxygen atoms in total. The molecule has 0 fully saturated rings. The van der Waals surface area contributed by atoms with Crippen LogP contribution in [0.2, 0.25) is 0 Å². The van der Waals surface area contributed by atoms with E-state index in [1.165, 1.54) is 99.7 Å². The monoisotopic (exact) mass is 855 g/mol. The highest BCUT2D eigenvalue weighted by molar-refractivity contribution is 6.03. The summed E-state index contributed by atoms with van der Waals surface area (Å²) in [5.74, 6) is 1.78. The summed E-state index contributed by atoms with van der Waals surface area (Å²) >= 11 is 0. The molecule has 0 saturated carbocycles. The molecule has 0 aromatic heterocycles. The Morgan fingerprint density at radius 2 is 1.18 bits per heavy atom. The molecule has 1 atom stereocenters. The van der Waals surface area contributed by atoms with Gasteiger partial charge in [-0.25, -0.2) is 0 Å². The lowest BCUT2D eigenvalue weighted by Gasteiger charge is -2.36. The van der Waals surface area contributed by atoms with E-state index >= 15 is 0 Å². The maximum absolute atomic E-state index is 7.19. The first-order valence-corrected chi connectivity index (χ1v) is 24.1. The smallest absolute Gasteiger partial charge is 0.134 e. The number of ether oxygens (including phenoxy) is 1. The first-order chi connectivity index (χ1) is 32.4. The number of anilines is 1. The topological polar surface area (TPSA) is 12.5 Å². The van der Waals surface area contributed by atoms with Gasteiger partial charge in [0, 0.05) is 28.8 Å². The maximum Gasteiger partial charge on any atom is 0.134 e. The van der Waals surface area contributed by atoms with Gasteiger partial charge in [0.15, 0.2) is 0 Å². The van der Waals surface area contributed by atoms with Gasteiger partial charge in [0.1, 0.15) is 5.75 Å². The predicted molar refractivity (Wildman–Crippen MR) is 281 cm³/mol. The van der Waals surface area contributed by atoms with Crippen LogP contribution in [0.1, 0.15) is 81.0 Å². The van der Waals surface area contributed by atoms with E-state index in [0.29, 0.717) is 18.4 Å². The van der Waals surface area contributed by atoms with E-state index in [-0.39, 0.29) is 6.04 Å². The third kappa shape index (κ3) is 7.59. The van der Waals surface area contributed by atoms with Crippen molar-refractivity contribution in [2.45, 2.75) is 71.3 Å². The molecule has 1 heterocycles. The molecular formula is C64H57NO. The summed E-state index contributed by atoms with van der Waals surface area (Å²) < 4.78 is 7.19. The van der Waals surface area contributed by atoms with Crippen LogP contribution in [0.3, 0.4) is 0 Å². The third-order valence-electron chi connectivity index (χ3n) is 14.2. The van der Waals surface area contributed by atoms with E-state index < -0.39 is 0 Å². The van der Waals surface area contributed by atoms with Crippen molar-refractivity contribution in [2.24, 2.45) is 0 Å². The van der Waals surface area contributed by atoms with Gasteiger partial charge in [0.05, 0.1) is 12.6 Å². The molecule has 8 aromatic carbocycles. The lowest BCUT2D eigenvalue weighted by Crippen LogP contribution is -2.34. The Morgan fingerprint density at radius 1 is 0.515 bits per heavy atom. The van der Waals surface area contributed by atoms with Crippen molar-refractivity contribution >= 4 is 32.8 Å². The van der Waals surface area contributed by atoms with Crippen molar-refractivity contribution in [1.29, 1.82) is 0 Å². The Balaban J connectivity index is 1.11. The van der Waals surface area contributed by atoms with Gasteiger partial charge in [-0.05, 0) is 144 Å². The van der Waals surface area contributed by atoms with Gasteiger partial charge >= 0.3 is 0 Å². The molecule has 324 valence electrons. The average Bonchev–Trinajstić information content (AvgIpc) is 3.38. The number of hydrogen-bond acceptors (Lipinski definition) is 2. The van der Waals surface area contributed by atoms with Crippen LogP contribution in [0.4, 0.5) is 5.69 Å². The zero-order chi connectivity index (χ0) is 44.7. The second kappa shape index (κ2) is 17.7. The van der Waals surface area contributed by atoms with E-state index in [9.17, 15) is 0 Å². The summed E-state index contributed by atoms with van der Waals surface area (Å²) in [6.45, 7) is 9.75. The summed E-state index contributed by atoms with van der Waals surface area (Å²) in [4.78, 5) is 2.59. The van der Waals surface area contributed by atoms with Crippen LogP contribution in [0.25, 0.3) is 71.6 Å². The molecule has 3 aliphatic rings. The molecule has 0 saturated heterocycles. The highest BCUT2D eigenvalue weighted by Gasteiger charge is 2.26. The van der Waals surface area contributed by atoms with Gasteiger partial charge in [-0.3, -0.25) is 0 Å². The second-order valence-electron chi connectivity index (χ2n) is 18.9. The van der Waals surface area contributed by atoms with Crippen molar-refractivity contribution in [3.8, 4) is 50.3 Å². The zero-order valence-electron chi connectivity index (χ0n) is 38.6. The van der Waals surface area contributed by atoms with Crippen molar-refractivity contribution in [1.82, 2.24) is 0 Å². The van der Waals surface area contributed by atoms with Crippen molar-refractivity contribution < 1.29 is 4.74 Å². The number of rotatable bonds is 7. The summed E-state index contributed by atoms with van der Waals surface area (Å²) in [7, 11) is 0. The minimum absolute atomic E-state index is 0.223. The van der Waals surface area contributed by atoms with Crippen LogP contribution < -0.4 is 9.64 Å². The van der Waals surface area contributed by atoms with Gasteiger partial charge in [0.2, 0.25) is 0 Å². The van der Waals surface area contributed by atoms with Crippen molar-refractivity contribution in [3.63, 3.8) is 0 Å². The van der Waals surface area contributed by atoms with Crippen molar-refractivity contribution in [3.05, 3.63) is 222 Å². The first kappa shape index (κ1) is 41.5. The Morgan fingerprint density at radius 3 is 1.94 bits per heavy atom. The first-order valence-electron chi connectivity index (χ1n) is 24.1. The molecule has 2 aliphatic carbocycles. The summed E-state index contributed by atoms with van der Waals surface area (Å²) in [6.07, 6.45) is 17.7. The van der Waals surface area contributed by atoms with E-state index in [4.69, 9.17) is 4.74 Å². The number of allylic oxidation sites excluding steroid dienone is 6. The Labute approximate surface area is 390 Å². The largest absolute Gasteiger partial charge is 0.492 e. The number of hydrogen-bond donors (Lipinski definition) is 0. The molecular weight excluding hydrogens is 799 g/mol. The average molecular weight is 856 g/mol. The maximum atomic E-state index is 7.19.